The summed E-state index contributed by atoms with van der Waals surface area (Å²) in [5, 5.41) is 0.776. The van der Waals surface area contributed by atoms with Gasteiger partial charge in [-0.25, -0.2) is 4.98 Å². The molecule has 0 aliphatic rings. The fourth-order valence-electron chi connectivity index (χ4n) is 1.95. The second-order valence-corrected chi connectivity index (χ2v) is 5.25. The summed E-state index contributed by atoms with van der Waals surface area (Å²) >= 11 is 11.9. The number of amides is 1. The molecule has 2 aromatic rings. The Bertz CT molecular complexity index is 662. The molecule has 0 N–H and O–H groups in total. The third-order valence-electron chi connectivity index (χ3n) is 2.99. The minimum absolute atomic E-state index is 0.187. The molecular weight excluding hydrogens is 311 g/mol. The molecule has 0 bridgehead atoms. The zero-order valence-electron chi connectivity index (χ0n) is 11.6. The maximum absolute atomic E-state index is 12.4. The van der Waals surface area contributed by atoms with Gasteiger partial charge < -0.3 is 9.64 Å². The Labute approximate surface area is 133 Å². The van der Waals surface area contributed by atoms with Gasteiger partial charge in [0.25, 0.3) is 5.91 Å². The average molecular weight is 325 g/mol. The molecule has 0 spiro atoms. The summed E-state index contributed by atoms with van der Waals surface area (Å²) in [7, 11) is 3.26. The number of pyridine rings is 1. The lowest BCUT2D eigenvalue weighted by atomic mass is 10.1. The van der Waals surface area contributed by atoms with Crippen LogP contribution in [0.1, 0.15) is 15.9 Å². The molecule has 6 heteroatoms. The highest BCUT2D eigenvalue weighted by Crippen LogP contribution is 2.24. The number of nitrogens with zero attached hydrogens (tertiary/aromatic N) is 2. The lowest BCUT2D eigenvalue weighted by molar-refractivity contribution is 0.0784. The van der Waals surface area contributed by atoms with E-state index in [1.807, 2.05) is 0 Å². The van der Waals surface area contributed by atoms with Crippen LogP contribution >= 0.6 is 23.2 Å². The van der Waals surface area contributed by atoms with Gasteiger partial charge in [0.05, 0.1) is 12.7 Å². The van der Waals surface area contributed by atoms with Gasteiger partial charge in [0.15, 0.2) is 0 Å². The molecule has 1 amide bonds. The van der Waals surface area contributed by atoms with E-state index in [2.05, 4.69) is 4.98 Å². The van der Waals surface area contributed by atoms with Crippen LogP contribution in [0.5, 0.6) is 5.75 Å². The van der Waals surface area contributed by atoms with Crippen LogP contribution in [-0.4, -0.2) is 29.9 Å². The van der Waals surface area contributed by atoms with E-state index in [0.29, 0.717) is 22.9 Å². The van der Waals surface area contributed by atoms with Gasteiger partial charge in [-0.3, -0.25) is 4.79 Å². The quantitative estimate of drug-likeness (QED) is 0.806. The number of hydrogen-bond donors (Lipinski definition) is 0. The van der Waals surface area contributed by atoms with E-state index in [1.54, 1.807) is 50.7 Å². The largest absolute Gasteiger partial charge is 0.496 e. The number of rotatable bonds is 4. The van der Waals surface area contributed by atoms with Crippen molar-refractivity contribution in [2.45, 2.75) is 6.54 Å². The van der Waals surface area contributed by atoms with Crippen LogP contribution in [0.2, 0.25) is 10.2 Å². The standard InChI is InChI=1S/C15H14Cl2N2O2/c1-19(15(20)12-4-3-7-18-14(12)17)9-10-8-11(16)5-6-13(10)21-2/h3-8H,9H2,1-2H3. The lowest BCUT2D eigenvalue weighted by Crippen LogP contribution is -2.26. The molecule has 0 radical (unpaired) electrons. The first-order chi connectivity index (χ1) is 10.0. The van der Waals surface area contributed by atoms with Crippen molar-refractivity contribution in [1.82, 2.24) is 9.88 Å². The predicted octanol–water partition coefficient (Wildman–Crippen LogP) is 3.67. The summed E-state index contributed by atoms with van der Waals surface area (Å²) < 4.78 is 5.28. The Morgan fingerprint density at radius 1 is 1.33 bits per heavy atom. The average Bonchev–Trinajstić information content (AvgIpc) is 2.47. The van der Waals surface area contributed by atoms with Crippen molar-refractivity contribution < 1.29 is 9.53 Å². The van der Waals surface area contributed by atoms with Crippen molar-refractivity contribution in [1.29, 1.82) is 0 Å². The highest BCUT2D eigenvalue weighted by molar-refractivity contribution is 6.32. The third-order valence-corrected chi connectivity index (χ3v) is 3.52. The van der Waals surface area contributed by atoms with Crippen molar-refractivity contribution in [3.63, 3.8) is 0 Å². The van der Waals surface area contributed by atoms with Gasteiger partial charge in [0.1, 0.15) is 10.9 Å². The van der Waals surface area contributed by atoms with Crippen molar-refractivity contribution in [2.75, 3.05) is 14.2 Å². The first kappa shape index (κ1) is 15.6. The number of carbonyl (C=O) groups excluding carboxylic acids is 1. The fraction of sp³-hybridized carbons (Fsp3) is 0.200. The molecule has 0 atom stereocenters. The number of carbonyl (C=O) groups is 1. The highest BCUT2D eigenvalue weighted by atomic mass is 35.5. The van der Waals surface area contributed by atoms with Crippen LogP contribution in [-0.2, 0) is 6.54 Å². The fourth-order valence-corrected chi connectivity index (χ4v) is 2.34. The molecule has 1 aromatic carbocycles. The van der Waals surface area contributed by atoms with Gasteiger partial charge in [0.2, 0.25) is 0 Å². The molecule has 110 valence electrons. The molecule has 4 nitrogen and oxygen atoms in total. The molecule has 0 fully saturated rings. The van der Waals surface area contributed by atoms with Gasteiger partial charge in [0, 0.05) is 30.4 Å². The molecule has 21 heavy (non-hydrogen) atoms. The number of halogens is 2. The van der Waals surface area contributed by atoms with Crippen LogP contribution < -0.4 is 4.74 Å². The predicted molar refractivity (Wildman–Crippen MR) is 83.0 cm³/mol. The van der Waals surface area contributed by atoms with E-state index in [1.165, 1.54) is 4.90 Å². The monoisotopic (exact) mass is 324 g/mol. The van der Waals surface area contributed by atoms with Gasteiger partial charge in [-0.15, -0.1) is 0 Å². The normalized spacial score (nSPS) is 10.3. The second-order valence-electron chi connectivity index (χ2n) is 4.46. The molecule has 2 rings (SSSR count). The first-order valence-corrected chi connectivity index (χ1v) is 6.97. The number of hydrogen-bond acceptors (Lipinski definition) is 3. The van der Waals surface area contributed by atoms with Gasteiger partial charge in [-0.05, 0) is 30.3 Å². The van der Waals surface area contributed by atoms with Crippen LogP contribution in [0.15, 0.2) is 36.5 Å². The maximum atomic E-state index is 12.4. The van der Waals surface area contributed by atoms with Gasteiger partial charge >= 0.3 is 0 Å². The van der Waals surface area contributed by atoms with E-state index in [0.717, 1.165) is 5.56 Å². The molecule has 1 aromatic heterocycles. The van der Waals surface area contributed by atoms with Crippen molar-refractivity contribution >= 4 is 29.1 Å². The second kappa shape index (κ2) is 6.78. The van der Waals surface area contributed by atoms with Gasteiger partial charge in [-0.2, -0.15) is 0 Å². The van der Waals surface area contributed by atoms with Crippen molar-refractivity contribution in [3.05, 3.63) is 57.8 Å². The van der Waals surface area contributed by atoms with Crippen LogP contribution in [0.3, 0.4) is 0 Å². The maximum Gasteiger partial charge on any atom is 0.257 e. The van der Waals surface area contributed by atoms with Crippen LogP contribution in [0, 0.1) is 0 Å². The van der Waals surface area contributed by atoms with E-state index < -0.39 is 0 Å². The summed E-state index contributed by atoms with van der Waals surface area (Å²) in [5.74, 6) is 0.464. The minimum Gasteiger partial charge on any atom is -0.496 e. The lowest BCUT2D eigenvalue weighted by Gasteiger charge is -2.19. The van der Waals surface area contributed by atoms with E-state index in [9.17, 15) is 4.79 Å². The third kappa shape index (κ3) is 3.65. The summed E-state index contributed by atoms with van der Waals surface area (Å²) in [4.78, 5) is 17.8. The highest BCUT2D eigenvalue weighted by Gasteiger charge is 2.17. The Kier molecular flexibility index (Phi) is 5.04. The SMILES string of the molecule is COc1ccc(Cl)cc1CN(C)C(=O)c1cccnc1Cl. The first-order valence-electron chi connectivity index (χ1n) is 6.21. The van der Waals surface area contributed by atoms with Crippen LogP contribution in [0.25, 0.3) is 0 Å². The van der Waals surface area contributed by atoms with Crippen LogP contribution in [0.4, 0.5) is 0 Å². The smallest absolute Gasteiger partial charge is 0.257 e. The summed E-state index contributed by atoms with van der Waals surface area (Å²) in [6.07, 6.45) is 1.54. The number of ether oxygens (including phenoxy) is 1. The Hall–Kier alpha value is -1.78. The molecule has 1 heterocycles. The van der Waals surface area contributed by atoms with E-state index in [-0.39, 0.29) is 11.1 Å². The zero-order chi connectivity index (χ0) is 15.4. The minimum atomic E-state index is -0.213. The van der Waals surface area contributed by atoms with Crippen molar-refractivity contribution in [3.8, 4) is 5.75 Å². The topological polar surface area (TPSA) is 42.4 Å². The molecule has 0 saturated heterocycles. The number of benzene rings is 1. The molecule has 0 unspecified atom stereocenters. The van der Waals surface area contributed by atoms with Gasteiger partial charge in [-0.1, -0.05) is 23.2 Å². The summed E-state index contributed by atoms with van der Waals surface area (Å²) in [6.45, 7) is 0.355. The zero-order valence-corrected chi connectivity index (χ0v) is 13.1. The van der Waals surface area contributed by atoms with E-state index >= 15 is 0 Å². The Morgan fingerprint density at radius 2 is 2.10 bits per heavy atom. The van der Waals surface area contributed by atoms with E-state index in [4.69, 9.17) is 27.9 Å². The summed E-state index contributed by atoms with van der Waals surface area (Å²) in [6, 6.07) is 8.60. The molecule has 0 aliphatic heterocycles. The molecule has 0 saturated carbocycles. The Balaban J connectivity index is 2.22. The molecular formula is C15H14Cl2N2O2. The Morgan fingerprint density at radius 3 is 2.76 bits per heavy atom. The number of aromatic nitrogens is 1. The number of methoxy groups -OCH3 is 1. The van der Waals surface area contributed by atoms with Crippen molar-refractivity contribution in [2.24, 2.45) is 0 Å². The molecule has 0 aliphatic carbocycles. The summed E-state index contributed by atoms with van der Waals surface area (Å²) in [5.41, 5.74) is 1.18.